The molecule has 0 N–H and O–H groups in total. The van der Waals surface area contributed by atoms with Crippen molar-refractivity contribution in [1.29, 1.82) is 0 Å². The molecule has 2 heterocycles. The maximum absolute atomic E-state index is 6.31. The van der Waals surface area contributed by atoms with Crippen LogP contribution in [0.15, 0.2) is 34.7 Å². The first-order valence-electron chi connectivity index (χ1n) is 5.94. The van der Waals surface area contributed by atoms with Gasteiger partial charge in [0.25, 0.3) is 0 Å². The standard InChI is InChI=1S/C13H10Cl2N4OS/c1-19-6-16-18-13(19)21-10-5-8(14)7-3-4-9(20-2)11(15)12(7)17-10/h3-6H,1-2H3. The lowest BCUT2D eigenvalue weighted by atomic mass is 10.2. The largest absolute Gasteiger partial charge is 0.495 e. The molecule has 8 heteroatoms. The third-order valence-electron chi connectivity index (χ3n) is 2.90. The molecule has 3 rings (SSSR count). The summed E-state index contributed by atoms with van der Waals surface area (Å²) in [5.74, 6) is 0.563. The van der Waals surface area contributed by atoms with E-state index in [9.17, 15) is 0 Å². The van der Waals surface area contributed by atoms with Crippen molar-refractivity contribution in [2.24, 2.45) is 7.05 Å². The topological polar surface area (TPSA) is 52.8 Å². The van der Waals surface area contributed by atoms with Gasteiger partial charge in [0.1, 0.15) is 22.1 Å². The third kappa shape index (κ3) is 2.66. The highest BCUT2D eigenvalue weighted by molar-refractivity contribution is 7.99. The first-order chi connectivity index (χ1) is 10.1. The second-order valence-electron chi connectivity index (χ2n) is 4.25. The minimum atomic E-state index is 0.442. The summed E-state index contributed by atoms with van der Waals surface area (Å²) in [6.07, 6.45) is 1.63. The number of hydrogen-bond acceptors (Lipinski definition) is 5. The molecule has 0 aliphatic rings. The zero-order chi connectivity index (χ0) is 15.0. The van der Waals surface area contributed by atoms with Gasteiger partial charge in [-0.1, -0.05) is 23.2 Å². The Labute approximate surface area is 135 Å². The van der Waals surface area contributed by atoms with Crippen molar-refractivity contribution in [2.75, 3.05) is 7.11 Å². The Hall–Kier alpha value is -1.50. The Balaban J connectivity index is 2.13. The molecule has 2 aromatic heterocycles. The summed E-state index contributed by atoms with van der Waals surface area (Å²) in [7, 11) is 3.42. The molecule has 0 unspecified atom stereocenters. The first kappa shape index (κ1) is 14.4. The van der Waals surface area contributed by atoms with Crippen LogP contribution in [0.1, 0.15) is 0 Å². The van der Waals surface area contributed by atoms with Crippen molar-refractivity contribution in [3.8, 4) is 5.75 Å². The number of rotatable bonds is 3. The minimum Gasteiger partial charge on any atom is -0.495 e. The van der Waals surface area contributed by atoms with Gasteiger partial charge in [0, 0.05) is 12.4 Å². The van der Waals surface area contributed by atoms with E-state index < -0.39 is 0 Å². The van der Waals surface area contributed by atoms with Crippen molar-refractivity contribution in [3.63, 3.8) is 0 Å². The molecule has 1 aromatic carbocycles. The summed E-state index contributed by atoms with van der Waals surface area (Å²) >= 11 is 14.0. The predicted octanol–water partition coefficient (Wildman–Crippen LogP) is 3.83. The number of nitrogens with zero attached hydrogens (tertiary/aromatic N) is 4. The highest BCUT2D eigenvalue weighted by atomic mass is 35.5. The van der Waals surface area contributed by atoms with Crippen LogP contribution in [0.25, 0.3) is 10.9 Å². The van der Waals surface area contributed by atoms with Crippen LogP contribution in [0.4, 0.5) is 0 Å². The van der Waals surface area contributed by atoms with Gasteiger partial charge in [-0.25, -0.2) is 4.98 Å². The summed E-state index contributed by atoms with van der Waals surface area (Å²) in [6, 6.07) is 5.39. The lowest BCUT2D eigenvalue weighted by molar-refractivity contribution is 0.415. The van der Waals surface area contributed by atoms with Crippen LogP contribution in [0.2, 0.25) is 10.0 Å². The maximum Gasteiger partial charge on any atom is 0.197 e. The summed E-state index contributed by atoms with van der Waals surface area (Å²) in [5.41, 5.74) is 0.605. The van der Waals surface area contributed by atoms with E-state index in [0.717, 1.165) is 10.5 Å². The molecule has 0 aliphatic heterocycles. The molecular weight excluding hydrogens is 331 g/mol. The lowest BCUT2D eigenvalue weighted by Gasteiger charge is -2.09. The fraction of sp³-hybridized carbons (Fsp3) is 0.154. The number of benzene rings is 1. The van der Waals surface area contributed by atoms with E-state index in [1.807, 2.05) is 13.1 Å². The Morgan fingerprint density at radius 2 is 2.10 bits per heavy atom. The van der Waals surface area contributed by atoms with E-state index >= 15 is 0 Å². The Kier molecular flexibility index (Phi) is 3.93. The van der Waals surface area contributed by atoms with Crippen molar-refractivity contribution in [1.82, 2.24) is 19.7 Å². The molecule has 0 fully saturated rings. The summed E-state index contributed by atoms with van der Waals surface area (Å²) in [5, 5.41) is 11.1. The van der Waals surface area contributed by atoms with Crippen LogP contribution in [0.3, 0.4) is 0 Å². The third-order valence-corrected chi connectivity index (χ3v) is 4.54. The van der Waals surface area contributed by atoms with Gasteiger partial charge in [0.05, 0.1) is 17.6 Å². The fourth-order valence-electron chi connectivity index (χ4n) is 1.85. The predicted molar refractivity (Wildman–Crippen MR) is 83.4 cm³/mol. The minimum absolute atomic E-state index is 0.442. The number of ether oxygens (including phenoxy) is 1. The lowest BCUT2D eigenvalue weighted by Crippen LogP contribution is -1.92. The monoisotopic (exact) mass is 340 g/mol. The molecule has 0 radical (unpaired) electrons. The molecule has 5 nitrogen and oxygen atoms in total. The van der Waals surface area contributed by atoms with Gasteiger partial charge >= 0.3 is 0 Å². The molecule has 0 saturated heterocycles. The number of hydrogen-bond donors (Lipinski definition) is 0. The van der Waals surface area contributed by atoms with Crippen molar-refractivity contribution in [3.05, 3.63) is 34.6 Å². The van der Waals surface area contributed by atoms with E-state index in [2.05, 4.69) is 15.2 Å². The van der Waals surface area contributed by atoms with Crippen LogP contribution >= 0.6 is 35.0 Å². The van der Waals surface area contributed by atoms with Crippen molar-refractivity contribution < 1.29 is 4.74 Å². The summed E-state index contributed by atoms with van der Waals surface area (Å²) in [6.45, 7) is 0. The highest BCUT2D eigenvalue weighted by Crippen LogP contribution is 2.37. The number of fused-ring (bicyclic) bond motifs is 1. The SMILES string of the molecule is COc1ccc2c(Cl)cc(Sc3nncn3C)nc2c1Cl. The van der Waals surface area contributed by atoms with E-state index in [1.165, 1.54) is 11.8 Å². The highest BCUT2D eigenvalue weighted by Gasteiger charge is 2.13. The van der Waals surface area contributed by atoms with Crippen LogP contribution < -0.4 is 4.74 Å². The van der Waals surface area contributed by atoms with Crippen LogP contribution in [0.5, 0.6) is 5.75 Å². The molecule has 108 valence electrons. The second-order valence-corrected chi connectivity index (χ2v) is 6.02. The Morgan fingerprint density at radius 3 is 2.76 bits per heavy atom. The number of aryl methyl sites for hydroxylation is 1. The number of pyridine rings is 1. The molecule has 0 spiro atoms. The number of halogens is 2. The van der Waals surface area contributed by atoms with Crippen LogP contribution in [0, 0.1) is 0 Å². The number of methoxy groups -OCH3 is 1. The molecule has 0 amide bonds. The molecule has 0 aliphatic carbocycles. The average Bonchev–Trinajstić information content (AvgIpc) is 2.86. The van der Waals surface area contributed by atoms with E-state index in [1.54, 1.807) is 30.1 Å². The van der Waals surface area contributed by atoms with Gasteiger partial charge in [0.2, 0.25) is 0 Å². The van der Waals surface area contributed by atoms with Gasteiger partial charge < -0.3 is 9.30 Å². The molecule has 0 atom stereocenters. The molecular formula is C13H10Cl2N4OS. The number of aromatic nitrogens is 4. The summed E-state index contributed by atoms with van der Waals surface area (Å²) < 4.78 is 7.01. The van der Waals surface area contributed by atoms with E-state index in [0.29, 0.717) is 26.3 Å². The van der Waals surface area contributed by atoms with Crippen LogP contribution in [-0.2, 0) is 7.05 Å². The van der Waals surface area contributed by atoms with Gasteiger partial charge in [0.15, 0.2) is 5.16 Å². The van der Waals surface area contributed by atoms with Gasteiger partial charge in [-0.3, -0.25) is 0 Å². The quantitative estimate of drug-likeness (QED) is 0.725. The van der Waals surface area contributed by atoms with Crippen molar-refractivity contribution >= 4 is 45.9 Å². The van der Waals surface area contributed by atoms with Crippen molar-refractivity contribution in [2.45, 2.75) is 10.2 Å². The zero-order valence-electron chi connectivity index (χ0n) is 11.2. The second kappa shape index (κ2) is 5.71. The maximum atomic E-state index is 6.31. The van der Waals surface area contributed by atoms with Gasteiger partial charge in [-0.2, -0.15) is 0 Å². The molecule has 3 aromatic rings. The Morgan fingerprint density at radius 1 is 1.29 bits per heavy atom. The Bertz CT molecular complexity index is 821. The first-order valence-corrected chi connectivity index (χ1v) is 7.52. The van der Waals surface area contributed by atoms with E-state index in [4.69, 9.17) is 27.9 Å². The van der Waals surface area contributed by atoms with Gasteiger partial charge in [-0.05, 0) is 30.0 Å². The molecule has 0 bridgehead atoms. The fourth-order valence-corrected chi connectivity index (χ4v) is 3.23. The molecule has 0 saturated carbocycles. The van der Waals surface area contributed by atoms with Crippen LogP contribution in [-0.4, -0.2) is 26.9 Å². The summed E-state index contributed by atoms with van der Waals surface area (Å²) in [4.78, 5) is 4.55. The zero-order valence-corrected chi connectivity index (χ0v) is 13.5. The van der Waals surface area contributed by atoms with Gasteiger partial charge in [-0.15, -0.1) is 10.2 Å². The normalized spacial score (nSPS) is 11.0. The average molecular weight is 341 g/mol. The molecule has 21 heavy (non-hydrogen) atoms. The van der Waals surface area contributed by atoms with E-state index in [-0.39, 0.29) is 0 Å². The smallest absolute Gasteiger partial charge is 0.197 e.